The molecule has 0 radical (unpaired) electrons. The van der Waals surface area contributed by atoms with Crippen molar-refractivity contribution in [1.82, 2.24) is 24.5 Å². The molecule has 0 amide bonds. The van der Waals surface area contributed by atoms with Gasteiger partial charge < -0.3 is 0 Å². The van der Waals surface area contributed by atoms with E-state index in [1.807, 2.05) is 54.1 Å². The van der Waals surface area contributed by atoms with Crippen molar-refractivity contribution in [2.24, 2.45) is 0 Å². The van der Waals surface area contributed by atoms with Crippen LogP contribution in [0.5, 0.6) is 0 Å². The van der Waals surface area contributed by atoms with Crippen molar-refractivity contribution in [3.05, 3.63) is 128 Å². The molecule has 0 atom stereocenters. The Labute approximate surface area is 254 Å². The second-order valence-corrected chi connectivity index (χ2v) is 12.2. The molecule has 0 aliphatic heterocycles. The Kier molecular flexibility index (Phi) is 4.81. The molecule has 0 saturated heterocycles. The van der Waals surface area contributed by atoms with Crippen molar-refractivity contribution < 1.29 is 0 Å². The highest BCUT2D eigenvalue weighted by Gasteiger charge is 2.19. The van der Waals surface area contributed by atoms with E-state index in [1.54, 1.807) is 0 Å². The largest absolute Gasteiger partial charge is 0.278 e. The first-order valence-electron chi connectivity index (χ1n) is 14.6. The van der Waals surface area contributed by atoms with Crippen molar-refractivity contribution in [1.29, 1.82) is 0 Å². The van der Waals surface area contributed by atoms with Crippen molar-refractivity contribution in [3.8, 4) is 17.3 Å². The quantitative estimate of drug-likeness (QED) is 0.191. The standard InChI is InChI=1S/C38H21N5S/c1-2-10-22(11-3-1)37-39-20-29-23-12-4-5-13-24(23)30-21-40-38(42-36(30)35(29)41-37)43-31-16-8-6-14-25(31)27-18-28-26-15-7-9-17-33(26)44-34(28)19-32(27)43/h1-21H. The number of thiophene rings is 1. The van der Waals surface area contributed by atoms with Crippen LogP contribution in [-0.4, -0.2) is 24.5 Å². The minimum atomic E-state index is 0.626. The molecule has 0 spiro atoms. The van der Waals surface area contributed by atoms with Crippen LogP contribution in [0.4, 0.5) is 0 Å². The first-order valence-corrected chi connectivity index (χ1v) is 15.4. The summed E-state index contributed by atoms with van der Waals surface area (Å²) in [5.74, 6) is 1.31. The molecule has 10 rings (SSSR count). The van der Waals surface area contributed by atoms with E-state index in [4.69, 9.17) is 19.9 Å². The summed E-state index contributed by atoms with van der Waals surface area (Å²) in [6, 6.07) is 40.3. The lowest BCUT2D eigenvalue weighted by Gasteiger charge is -2.12. The van der Waals surface area contributed by atoms with Gasteiger partial charge in [0.05, 0.1) is 11.0 Å². The predicted octanol–water partition coefficient (Wildman–Crippen LogP) is 9.86. The Hall–Kier alpha value is -5.72. The van der Waals surface area contributed by atoms with E-state index in [-0.39, 0.29) is 0 Å². The molecule has 0 fully saturated rings. The lowest BCUT2D eigenvalue weighted by molar-refractivity contribution is 1.01. The van der Waals surface area contributed by atoms with E-state index in [0.717, 1.165) is 49.2 Å². The van der Waals surface area contributed by atoms with Gasteiger partial charge in [-0.05, 0) is 35.0 Å². The fourth-order valence-electron chi connectivity index (χ4n) is 6.70. The van der Waals surface area contributed by atoms with Crippen LogP contribution in [0.1, 0.15) is 0 Å². The molecule has 0 unspecified atom stereocenters. The molecule has 0 aliphatic rings. The molecule has 4 aromatic heterocycles. The van der Waals surface area contributed by atoms with Crippen molar-refractivity contribution >= 4 is 85.9 Å². The van der Waals surface area contributed by atoms with Crippen LogP contribution in [0, 0.1) is 0 Å². The van der Waals surface area contributed by atoms with Gasteiger partial charge in [-0.1, -0.05) is 91.0 Å². The Morgan fingerprint density at radius 1 is 0.455 bits per heavy atom. The molecule has 10 aromatic rings. The van der Waals surface area contributed by atoms with Gasteiger partial charge in [-0.25, -0.2) is 19.9 Å². The van der Waals surface area contributed by atoms with Gasteiger partial charge in [-0.3, -0.25) is 4.57 Å². The van der Waals surface area contributed by atoms with Crippen molar-refractivity contribution in [2.45, 2.75) is 0 Å². The summed E-state index contributed by atoms with van der Waals surface area (Å²) in [6.07, 6.45) is 3.90. The highest BCUT2D eigenvalue weighted by atomic mass is 32.1. The number of rotatable bonds is 2. The zero-order chi connectivity index (χ0) is 28.8. The third-order valence-corrected chi connectivity index (χ3v) is 9.83. The topological polar surface area (TPSA) is 56.5 Å². The average Bonchev–Trinajstić information content (AvgIpc) is 3.62. The van der Waals surface area contributed by atoms with E-state index in [2.05, 4.69) is 89.5 Å². The molecule has 0 saturated carbocycles. The van der Waals surface area contributed by atoms with E-state index >= 15 is 0 Å². The van der Waals surface area contributed by atoms with Crippen LogP contribution < -0.4 is 0 Å². The second kappa shape index (κ2) is 8.89. The Morgan fingerprint density at radius 3 is 1.93 bits per heavy atom. The van der Waals surface area contributed by atoms with Gasteiger partial charge in [0, 0.05) is 59.7 Å². The van der Waals surface area contributed by atoms with Gasteiger partial charge in [0.15, 0.2) is 5.82 Å². The first kappa shape index (κ1) is 23.8. The number of hydrogen-bond acceptors (Lipinski definition) is 5. The summed E-state index contributed by atoms with van der Waals surface area (Å²) in [5, 5.41) is 9.08. The maximum atomic E-state index is 5.32. The lowest BCUT2D eigenvalue weighted by Crippen LogP contribution is -2.02. The normalized spacial score (nSPS) is 12.1. The molecule has 6 aromatic carbocycles. The summed E-state index contributed by atoms with van der Waals surface area (Å²) in [5.41, 5.74) is 4.78. The number of fused-ring (bicyclic) bond motifs is 12. The summed E-state index contributed by atoms with van der Waals surface area (Å²) in [4.78, 5) is 20.2. The predicted molar refractivity (Wildman–Crippen MR) is 183 cm³/mol. The summed E-state index contributed by atoms with van der Waals surface area (Å²) < 4.78 is 4.74. The van der Waals surface area contributed by atoms with Crippen LogP contribution in [0.2, 0.25) is 0 Å². The molecule has 0 bridgehead atoms. The zero-order valence-corrected chi connectivity index (χ0v) is 24.1. The average molecular weight is 580 g/mol. The molecule has 6 heteroatoms. The highest BCUT2D eigenvalue weighted by molar-refractivity contribution is 7.25. The number of benzene rings is 6. The highest BCUT2D eigenvalue weighted by Crippen LogP contribution is 2.41. The Morgan fingerprint density at radius 2 is 1.11 bits per heavy atom. The molecule has 5 nitrogen and oxygen atoms in total. The fraction of sp³-hybridized carbons (Fsp3) is 0. The summed E-state index contributed by atoms with van der Waals surface area (Å²) in [6.45, 7) is 0. The SMILES string of the molecule is c1ccc(-c2ncc3c4ccccc4c4cnc(-n5c6ccccc6c6cc7c(cc65)sc5ccccc57)nc4c3n2)cc1. The van der Waals surface area contributed by atoms with Gasteiger partial charge in [-0.2, -0.15) is 0 Å². The second-order valence-electron chi connectivity index (χ2n) is 11.1. The first-order chi connectivity index (χ1) is 21.8. The molecule has 0 aliphatic carbocycles. The van der Waals surface area contributed by atoms with E-state index in [9.17, 15) is 0 Å². The van der Waals surface area contributed by atoms with Crippen LogP contribution in [0.25, 0.3) is 91.9 Å². The monoisotopic (exact) mass is 579 g/mol. The molecule has 44 heavy (non-hydrogen) atoms. The van der Waals surface area contributed by atoms with Crippen molar-refractivity contribution in [3.63, 3.8) is 0 Å². The van der Waals surface area contributed by atoms with Crippen LogP contribution in [0.3, 0.4) is 0 Å². The minimum absolute atomic E-state index is 0.626. The molecule has 0 N–H and O–H groups in total. The summed E-state index contributed by atoms with van der Waals surface area (Å²) >= 11 is 1.82. The lowest BCUT2D eigenvalue weighted by atomic mass is 10.0. The van der Waals surface area contributed by atoms with E-state index < -0.39 is 0 Å². The Bertz CT molecular complexity index is 2780. The Balaban J connectivity index is 1.32. The van der Waals surface area contributed by atoms with Crippen LogP contribution in [-0.2, 0) is 0 Å². The number of hydrogen-bond donors (Lipinski definition) is 0. The molecule has 4 heterocycles. The maximum absolute atomic E-state index is 5.32. The third kappa shape index (κ3) is 3.28. The number of para-hydroxylation sites is 1. The zero-order valence-electron chi connectivity index (χ0n) is 23.3. The maximum Gasteiger partial charge on any atom is 0.235 e. The number of nitrogens with zero attached hydrogens (tertiary/aromatic N) is 5. The van der Waals surface area contributed by atoms with Crippen molar-refractivity contribution in [2.75, 3.05) is 0 Å². The van der Waals surface area contributed by atoms with Gasteiger partial charge in [-0.15, -0.1) is 11.3 Å². The van der Waals surface area contributed by atoms with Gasteiger partial charge in [0.2, 0.25) is 5.95 Å². The molecular weight excluding hydrogens is 559 g/mol. The molecule has 204 valence electrons. The van der Waals surface area contributed by atoms with Gasteiger partial charge in [0.1, 0.15) is 11.0 Å². The van der Waals surface area contributed by atoms with Gasteiger partial charge >= 0.3 is 0 Å². The smallest absolute Gasteiger partial charge is 0.235 e. The van der Waals surface area contributed by atoms with Crippen LogP contribution >= 0.6 is 11.3 Å². The third-order valence-electron chi connectivity index (χ3n) is 8.70. The van der Waals surface area contributed by atoms with Crippen LogP contribution in [0.15, 0.2) is 128 Å². The minimum Gasteiger partial charge on any atom is -0.278 e. The van der Waals surface area contributed by atoms with E-state index in [1.165, 1.54) is 30.9 Å². The van der Waals surface area contributed by atoms with E-state index in [0.29, 0.717) is 11.8 Å². The number of aromatic nitrogens is 5. The fourth-order valence-corrected chi connectivity index (χ4v) is 7.82. The summed E-state index contributed by atoms with van der Waals surface area (Å²) in [7, 11) is 0. The van der Waals surface area contributed by atoms with Gasteiger partial charge in [0.25, 0.3) is 0 Å². The molecular formula is C38H21N5S.